The molecule has 1 amide bonds. The van der Waals surface area contributed by atoms with Crippen LogP contribution in [-0.2, 0) is 24.2 Å². The molecule has 6 heteroatoms. The van der Waals surface area contributed by atoms with Crippen LogP contribution >= 0.6 is 0 Å². The highest BCUT2D eigenvalue weighted by Gasteiger charge is 2.25. The zero-order valence-corrected chi connectivity index (χ0v) is 12.6. The number of rotatable bonds is 5. The van der Waals surface area contributed by atoms with Gasteiger partial charge in [-0.05, 0) is 31.4 Å². The summed E-state index contributed by atoms with van der Waals surface area (Å²) in [6.07, 6.45) is 5.85. The van der Waals surface area contributed by atoms with Gasteiger partial charge in [0, 0.05) is 36.8 Å². The number of carbonyl (C=O) groups excluding carboxylic acids is 1. The van der Waals surface area contributed by atoms with Crippen LogP contribution in [0.3, 0.4) is 0 Å². The van der Waals surface area contributed by atoms with E-state index in [0.29, 0.717) is 19.0 Å². The third kappa shape index (κ3) is 3.27. The summed E-state index contributed by atoms with van der Waals surface area (Å²) >= 11 is 0. The van der Waals surface area contributed by atoms with Crippen molar-refractivity contribution in [1.29, 1.82) is 0 Å². The summed E-state index contributed by atoms with van der Waals surface area (Å²) in [5.41, 5.74) is 3.18. The third-order valence-electron chi connectivity index (χ3n) is 3.92. The highest BCUT2D eigenvalue weighted by Crippen LogP contribution is 2.23. The molecule has 2 heterocycles. The standard InChI is InChI=1S/C16H20N4O2/c1-2-22-15-7-11(5-6-17-15)9-18-16(21)12-3-4-13-14(8-12)20-10-19-13/h5-7,10,12H,2-4,8-9H2,1H3,(H,18,21)(H,19,20)/t12-/m0/s1. The second-order valence-electron chi connectivity index (χ2n) is 5.42. The number of carbonyl (C=O) groups is 1. The molecule has 1 aliphatic rings. The Morgan fingerprint density at radius 3 is 3.27 bits per heavy atom. The predicted molar refractivity (Wildman–Crippen MR) is 81.4 cm³/mol. The van der Waals surface area contributed by atoms with Crippen molar-refractivity contribution in [1.82, 2.24) is 20.3 Å². The minimum Gasteiger partial charge on any atom is -0.478 e. The van der Waals surface area contributed by atoms with E-state index in [4.69, 9.17) is 4.74 Å². The maximum absolute atomic E-state index is 12.3. The molecule has 0 radical (unpaired) electrons. The first-order chi connectivity index (χ1) is 10.8. The van der Waals surface area contributed by atoms with E-state index in [1.54, 1.807) is 12.5 Å². The number of aryl methyl sites for hydroxylation is 1. The van der Waals surface area contributed by atoms with Crippen molar-refractivity contribution in [2.75, 3.05) is 6.61 Å². The molecule has 0 bridgehead atoms. The molecule has 2 N–H and O–H groups in total. The van der Waals surface area contributed by atoms with Gasteiger partial charge >= 0.3 is 0 Å². The fourth-order valence-electron chi connectivity index (χ4n) is 2.75. The lowest BCUT2D eigenvalue weighted by molar-refractivity contribution is -0.125. The molecule has 0 aromatic carbocycles. The summed E-state index contributed by atoms with van der Waals surface area (Å²) in [7, 11) is 0. The third-order valence-corrected chi connectivity index (χ3v) is 3.92. The lowest BCUT2D eigenvalue weighted by Gasteiger charge is -2.20. The maximum atomic E-state index is 12.3. The number of hydrogen-bond donors (Lipinski definition) is 2. The minimum atomic E-state index is 0.0150. The quantitative estimate of drug-likeness (QED) is 0.879. The van der Waals surface area contributed by atoms with Gasteiger partial charge in [0.05, 0.1) is 18.6 Å². The molecule has 0 spiro atoms. The fourth-order valence-corrected chi connectivity index (χ4v) is 2.75. The SMILES string of the molecule is CCOc1cc(CNC(=O)[C@H]2CCc3nc[nH]c3C2)ccn1. The number of H-pyrrole nitrogens is 1. The molecule has 116 valence electrons. The summed E-state index contributed by atoms with van der Waals surface area (Å²) in [5.74, 6) is 0.699. The number of aromatic nitrogens is 3. The van der Waals surface area contributed by atoms with Gasteiger partial charge in [0.25, 0.3) is 0 Å². The predicted octanol–water partition coefficient (Wildman–Crippen LogP) is 1.62. The van der Waals surface area contributed by atoms with Crippen LogP contribution < -0.4 is 10.1 Å². The number of amides is 1. The topological polar surface area (TPSA) is 79.9 Å². The van der Waals surface area contributed by atoms with E-state index >= 15 is 0 Å². The average Bonchev–Trinajstić information content (AvgIpc) is 3.01. The lowest BCUT2D eigenvalue weighted by Crippen LogP contribution is -2.33. The van der Waals surface area contributed by atoms with Crippen LogP contribution in [0.25, 0.3) is 0 Å². The Morgan fingerprint density at radius 1 is 1.50 bits per heavy atom. The van der Waals surface area contributed by atoms with E-state index in [0.717, 1.165) is 36.2 Å². The van der Waals surface area contributed by atoms with Gasteiger partial charge in [0.1, 0.15) is 0 Å². The van der Waals surface area contributed by atoms with Gasteiger partial charge < -0.3 is 15.0 Å². The summed E-state index contributed by atoms with van der Waals surface area (Å²) in [6.45, 7) is 2.99. The molecule has 2 aromatic rings. The number of imidazole rings is 1. The van der Waals surface area contributed by atoms with Crippen LogP contribution in [-0.4, -0.2) is 27.5 Å². The monoisotopic (exact) mass is 300 g/mol. The van der Waals surface area contributed by atoms with Gasteiger partial charge in [0.15, 0.2) is 0 Å². The van der Waals surface area contributed by atoms with E-state index in [9.17, 15) is 4.79 Å². The number of hydrogen-bond acceptors (Lipinski definition) is 4. The van der Waals surface area contributed by atoms with Crippen molar-refractivity contribution < 1.29 is 9.53 Å². The minimum absolute atomic E-state index is 0.0150. The molecule has 0 fully saturated rings. The lowest BCUT2D eigenvalue weighted by atomic mass is 9.89. The second kappa shape index (κ2) is 6.60. The number of nitrogens with zero attached hydrogens (tertiary/aromatic N) is 2. The van der Waals surface area contributed by atoms with Crippen molar-refractivity contribution in [2.45, 2.75) is 32.7 Å². The molecule has 6 nitrogen and oxygen atoms in total. The Hall–Kier alpha value is -2.37. The van der Waals surface area contributed by atoms with Crippen molar-refractivity contribution in [2.24, 2.45) is 5.92 Å². The van der Waals surface area contributed by atoms with Crippen molar-refractivity contribution in [3.8, 4) is 5.88 Å². The van der Waals surface area contributed by atoms with Gasteiger partial charge in [-0.1, -0.05) is 0 Å². The molecule has 1 atom stereocenters. The molecule has 3 rings (SSSR count). The molecule has 0 aliphatic heterocycles. The van der Waals surface area contributed by atoms with E-state index in [-0.39, 0.29) is 11.8 Å². The number of pyridine rings is 1. The zero-order valence-electron chi connectivity index (χ0n) is 12.6. The molecule has 1 aliphatic carbocycles. The first-order valence-corrected chi connectivity index (χ1v) is 7.63. The smallest absolute Gasteiger partial charge is 0.223 e. The highest BCUT2D eigenvalue weighted by molar-refractivity contribution is 5.79. The number of fused-ring (bicyclic) bond motifs is 1. The van der Waals surface area contributed by atoms with Crippen LogP contribution in [0.4, 0.5) is 0 Å². The molecule has 2 aromatic heterocycles. The molecule has 0 saturated heterocycles. The first-order valence-electron chi connectivity index (χ1n) is 7.63. The van der Waals surface area contributed by atoms with E-state index in [2.05, 4.69) is 20.3 Å². The Kier molecular flexibility index (Phi) is 4.37. The van der Waals surface area contributed by atoms with Gasteiger partial charge in [0.2, 0.25) is 11.8 Å². The van der Waals surface area contributed by atoms with Crippen molar-refractivity contribution in [3.05, 3.63) is 41.6 Å². The molecule has 0 unspecified atom stereocenters. The second-order valence-corrected chi connectivity index (χ2v) is 5.42. The Morgan fingerprint density at radius 2 is 2.41 bits per heavy atom. The van der Waals surface area contributed by atoms with Crippen LogP contribution in [0.15, 0.2) is 24.7 Å². The number of nitrogens with one attached hydrogen (secondary N) is 2. The van der Waals surface area contributed by atoms with Crippen LogP contribution in [0.2, 0.25) is 0 Å². The Labute approximate surface area is 129 Å². The summed E-state index contributed by atoms with van der Waals surface area (Å²) in [5, 5.41) is 3.00. The summed E-state index contributed by atoms with van der Waals surface area (Å²) in [6, 6.07) is 3.74. The van der Waals surface area contributed by atoms with Gasteiger partial charge in [-0.3, -0.25) is 4.79 Å². The molecule has 0 saturated carbocycles. The maximum Gasteiger partial charge on any atom is 0.223 e. The zero-order chi connectivity index (χ0) is 15.4. The highest BCUT2D eigenvalue weighted by atomic mass is 16.5. The van der Waals surface area contributed by atoms with E-state index in [1.165, 1.54) is 0 Å². The van der Waals surface area contributed by atoms with Gasteiger partial charge in [-0.2, -0.15) is 0 Å². The largest absolute Gasteiger partial charge is 0.478 e. The van der Waals surface area contributed by atoms with Crippen molar-refractivity contribution in [3.63, 3.8) is 0 Å². The normalized spacial score (nSPS) is 16.9. The Bertz CT molecular complexity index is 653. The van der Waals surface area contributed by atoms with Crippen LogP contribution in [0.5, 0.6) is 5.88 Å². The van der Waals surface area contributed by atoms with Crippen molar-refractivity contribution >= 4 is 5.91 Å². The van der Waals surface area contributed by atoms with Crippen LogP contribution in [0.1, 0.15) is 30.3 Å². The average molecular weight is 300 g/mol. The first kappa shape index (κ1) is 14.6. The number of ether oxygens (including phenoxy) is 1. The molecular weight excluding hydrogens is 280 g/mol. The Balaban J connectivity index is 1.55. The summed E-state index contributed by atoms with van der Waals surface area (Å²) in [4.78, 5) is 23.8. The van der Waals surface area contributed by atoms with E-state index in [1.807, 2.05) is 19.1 Å². The summed E-state index contributed by atoms with van der Waals surface area (Å²) < 4.78 is 5.36. The molecular formula is C16H20N4O2. The van der Waals surface area contributed by atoms with Crippen LogP contribution in [0, 0.1) is 5.92 Å². The fraction of sp³-hybridized carbons (Fsp3) is 0.438. The van der Waals surface area contributed by atoms with Gasteiger partial charge in [-0.15, -0.1) is 0 Å². The van der Waals surface area contributed by atoms with E-state index < -0.39 is 0 Å². The number of aromatic amines is 1. The van der Waals surface area contributed by atoms with Gasteiger partial charge in [-0.25, -0.2) is 9.97 Å². The molecule has 22 heavy (non-hydrogen) atoms.